The monoisotopic (exact) mass is 178 g/mol. The Hall–Kier alpha value is -1.32. The zero-order valence-electron chi connectivity index (χ0n) is 7.17. The van der Waals surface area contributed by atoms with Crippen LogP contribution < -0.4 is 5.46 Å². The SMILES string of the molecule is [B]c1ccc(C(=O)O)c(F)c1CC. The maximum Gasteiger partial charge on any atom is 0.338 e. The Morgan fingerprint density at radius 3 is 2.69 bits per heavy atom. The van der Waals surface area contributed by atoms with Crippen molar-refractivity contribution in [1.29, 1.82) is 0 Å². The van der Waals surface area contributed by atoms with Crippen molar-refractivity contribution in [2.24, 2.45) is 0 Å². The van der Waals surface area contributed by atoms with E-state index in [1.165, 1.54) is 12.1 Å². The molecule has 1 aromatic carbocycles. The highest BCUT2D eigenvalue weighted by Crippen LogP contribution is 2.11. The first-order chi connectivity index (χ1) is 6.07. The Morgan fingerprint density at radius 2 is 2.23 bits per heavy atom. The summed E-state index contributed by atoms with van der Waals surface area (Å²) in [7, 11) is 5.47. The van der Waals surface area contributed by atoms with Crippen molar-refractivity contribution < 1.29 is 14.3 Å². The van der Waals surface area contributed by atoms with Crippen LogP contribution in [0.15, 0.2) is 12.1 Å². The van der Waals surface area contributed by atoms with Gasteiger partial charge in [0.15, 0.2) is 0 Å². The highest BCUT2D eigenvalue weighted by molar-refractivity contribution is 6.33. The van der Waals surface area contributed by atoms with Crippen molar-refractivity contribution in [3.8, 4) is 0 Å². The van der Waals surface area contributed by atoms with E-state index in [-0.39, 0.29) is 11.1 Å². The molecular weight excluding hydrogens is 170 g/mol. The molecule has 0 amide bonds. The lowest BCUT2D eigenvalue weighted by molar-refractivity contribution is 0.0691. The fourth-order valence-electron chi connectivity index (χ4n) is 1.16. The van der Waals surface area contributed by atoms with Crippen molar-refractivity contribution >= 4 is 19.3 Å². The topological polar surface area (TPSA) is 37.3 Å². The Bertz CT molecular complexity index is 350. The molecular formula is C9H8BFO2. The van der Waals surface area contributed by atoms with E-state index in [2.05, 4.69) is 0 Å². The quantitative estimate of drug-likeness (QED) is 0.682. The van der Waals surface area contributed by atoms with E-state index in [4.69, 9.17) is 13.0 Å². The van der Waals surface area contributed by atoms with Gasteiger partial charge in [0.25, 0.3) is 0 Å². The molecule has 0 atom stereocenters. The average Bonchev–Trinajstić information content (AvgIpc) is 2.04. The number of aromatic carboxylic acids is 1. The summed E-state index contributed by atoms with van der Waals surface area (Å²) in [5, 5.41) is 8.60. The number of carbonyl (C=O) groups is 1. The molecule has 1 N–H and O–H groups in total. The van der Waals surface area contributed by atoms with E-state index >= 15 is 0 Å². The molecule has 0 saturated carbocycles. The summed E-state index contributed by atoms with van der Waals surface area (Å²) in [6.45, 7) is 1.72. The normalized spacial score (nSPS) is 10.0. The average molecular weight is 178 g/mol. The molecule has 0 saturated heterocycles. The van der Waals surface area contributed by atoms with Crippen molar-refractivity contribution in [2.45, 2.75) is 13.3 Å². The van der Waals surface area contributed by atoms with Gasteiger partial charge < -0.3 is 5.11 Å². The molecule has 4 heteroatoms. The minimum absolute atomic E-state index is 0.264. The summed E-state index contributed by atoms with van der Waals surface area (Å²) in [6, 6.07) is 2.58. The molecule has 0 unspecified atom stereocenters. The first-order valence-electron chi connectivity index (χ1n) is 3.88. The molecule has 0 aliphatic carbocycles. The van der Waals surface area contributed by atoms with Crippen molar-refractivity contribution in [3.63, 3.8) is 0 Å². The second-order valence-corrected chi connectivity index (χ2v) is 2.65. The van der Waals surface area contributed by atoms with Crippen LogP contribution in [0.1, 0.15) is 22.8 Å². The van der Waals surface area contributed by atoms with Gasteiger partial charge in [-0.25, -0.2) is 9.18 Å². The molecule has 2 nitrogen and oxygen atoms in total. The Morgan fingerprint density at radius 1 is 1.62 bits per heavy atom. The highest BCUT2D eigenvalue weighted by Gasteiger charge is 2.14. The number of hydrogen-bond acceptors (Lipinski definition) is 1. The third kappa shape index (κ3) is 1.71. The van der Waals surface area contributed by atoms with Gasteiger partial charge in [0.05, 0.1) is 5.56 Å². The predicted molar refractivity (Wildman–Crippen MR) is 48.1 cm³/mol. The second kappa shape index (κ2) is 3.60. The number of halogens is 1. The summed E-state index contributed by atoms with van der Waals surface area (Å²) >= 11 is 0. The molecule has 1 aromatic rings. The van der Waals surface area contributed by atoms with E-state index in [1.54, 1.807) is 6.92 Å². The van der Waals surface area contributed by atoms with Gasteiger partial charge in [-0.05, 0) is 18.1 Å². The van der Waals surface area contributed by atoms with Gasteiger partial charge in [0.2, 0.25) is 0 Å². The van der Waals surface area contributed by atoms with Crippen molar-refractivity contribution in [2.75, 3.05) is 0 Å². The predicted octanol–water partition coefficient (Wildman–Crippen LogP) is 0.880. The lowest BCUT2D eigenvalue weighted by Gasteiger charge is -2.06. The molecule has 66 valence electrons. The molecule has 0 heterocycles. The minimum Gasteiger partial charge on any atom is -0.478 e. The van der Waals surface area contributed by atoms with Crippen LogP contribution in [0.5, 0.6) is 0 Å². The first-order valence-corrected chi connectivity index (χ1v) is 3.88. The summed E-state index contributed by atoms with van der Waals surface area (Å²) in [4.78, 5) is 10.5. The van der Waals surface area contributed by atoms with Gasteiger partial charge in [0.1, 0.15) is 13.7 Å². The molecule has 0 aliphatic heterocycles. The summed E-state index contributed by atoms with van der Waals surface area (Å²) < 4.78 is 13.3. The van der Waals surface area contributed by atoms with Crippen LogP contribution in [0, 0.1) is 5.82 Å². The van der Waals surface area contributed by atoms with E-state index in [0.717, 1.165) is 0 Å². The van der Waals surface area contributed by atoms with Crippen LogP contribution in [0.4, 0.5) is 4.39 Å². The highest BCUT2D eigenvalue weighted by atomic mass is 19.1. The van der Waals surface area contributed by atoms with Crippen LogP contribution in [0.2, 0.25) is 0 Å². The number of hydrogen-bond donors (Lipinski definition) is 1. The summed E-state index contributed by atoms with van der Waals surface area (Å²) in [5.74, 6) is -2.00. The largest absolute Gasteiger partial charge is 0.478 e. The maximum absolute atomic E-state index is 13.3. The lowest BCUT2D eigenvalue weighted by atomic mass is 9.87. The third-order valence-electron chi connectivity index (χ3n) is 1.86. The standard InChI is InChI=1S/C9H8BFO2/c1-2-5-7(10)4-3-6(8(5)11)9(12)13/h3-4H,2H2,1H3,(H,12,13). The molecule has 0 fully saturated rings. The van der Waals surface area contributed by atoms with Crippen molar-refractivity contribution in [1.82, 2.24) is 0 Å². The zero-order chi connectivity index (χ0) is 10.0. The molecule has 0 aliphatic rings. The van der Waals surface area contributed by atoms with Gasteiger partial charge in [-0.2, -0.15) is 0 Å². The smallest absolute Gasteiger partial charge is 0.338 e. The van der Waals surface area contributed by atoms with E-state index in [9.17, 15) is 9.18 Å². The molecule has 0 aromatic heterocycles. The summed E-state index contributed by atoms with van der Waals surface area (Å²) in [6.07, 6.45) is 0.388. The van der Waals surface area contributed by atoms with Gasteiger partial charge in [-0.3, -0.25) is 0 Å². The van der Waals surface area contributed by atoms with Gasteiger partial charge >= 0.3 is 5.97 Å². The maximum atomic E-state index is 13.3. The van der Waals surface area contributed by atoms with Gasteiger partial charge in [-0.1, -0.05) is 18.5 Å². The van der Waals surface area contributed by atoms with Crippen LogP contribution in [-0.2, 0) is 6.42 Å². The zero-order valence-corrected chi connectivity index (χ0v) is 7.17. The lowest BCUT2D eigenvalue weighted by Crippen LogP contribution is -2.15. The van der Waals surface area contributed by atoms with E-state index < -0.39 is 11.8 Å². The Labute approximate surface area is 76.8 Å². The van der Waals surface area contributed by atoms with Crippen LogP contribution in [0.3, 0.4) is 0 Å². The number of carboxylic acid groups (broad SMARTS) is 1. The van der Waals surface area contributed by atoms with Gasteiger partial charge in [0, 0.05) is 0 Å². The van der Waals surface area contributed by atoms with E-state index in [1.807, 2.05) is 0 Å². The van der Waals surface area contributed by atoms with Gasteiger partial charge in [-0.15, -0.1) is 0 Å². The molecule has 0 bridgehead atoms. The first kappa shape index (κ1) is 9.77. The fourth-order valence-corrected chi connectivity index (χ4v) is 1.16. The molecule has 2 radical (unpaired) electrons. The number of carboxylic acids is 1. The third-order valence-corrected chi connectivity index (χ3v) is 1.86. The van der Waals surface area contributed by atoms with Crippen molar-refractivity contribution in [3.05, 3.63) is 29.1 Å². The minimum atomic E-state index is -1.27. The Kier molecular flexibility index (Phi) is 2.71. The molecule has 0 spiro atoms. The molecule has 1 rings (SSSR count). The summed E-state index contributed by atoms with van der Waals surface area (Å²) in [5.41, 5.74) is 0.232. The van der Waals surface area contributed by atoms with E-state index in [0.29, 0.717) is 11.9 Å². The molecule has 13 heavy (non-hydrogen) atoms. The number of benzene rings is 1. The van der Waals surface area contributed by atoms with Crippen LogP contribution in [-0.4, -0.2) is 18.9 Å². The fraction of sp³-hybridized carbons (Fsp3) is 0.222. The van der Waals surface area contributed by atoms with Crippen LogP contribution >= 0.6 is 0 Å². The van der Waals surface area contributed by atoms with Crippen LogP contribution in [0.25, 0.3) is 0 Å². The number of rotatable bonds is 2. The Balaban J connectivity index is 3.35. The second-order valence-electron chi connectivity index (χ2n) is 2.65.